The van der Waals surface area contributed by atoms with E-state index in [2.05, 4.69) is 42.5 Å². The first-order chi connectivity index (χ1) is 14.7. The van der Waals surface area contributed by atoms with Crippen LogP contribution in [0, 0.1) is 13.8 Å². The molecule has 3 rings (SSSR count). The van der Waals surface area contributed by atoms with Gasteiger partial charge in [-0.2, -0.15) is 10.2 Å². The van der Waals surface area contributed by atoms with E-state index in [1.807, 2.05) is 56.3 Å². The van der Waals surface area contributed by atoms with Gasteiger partial charge in [0.05, 0.1) is 23.2 Å². The molecule has 162 valence electrons. The quantitative estimate of drug-likeness (QED) is 0.436. The van der Waals surface area contributed by atoms with Crippen molar-refractivity contribution in [3.63, 3.8) is 0 Å². The van der Waals surface area contributed by atoms with E-state index in [-0.39, 0.29) is 17.9 Å². The largest absolute Gasteiger partial charge is 0.483 e. The molecule has 0 radical (unpaired) electrons. The number of amides is 1. The molecule has 1 heterocycles. The lowest BCUT2D eigenvalue weighted by atomic mass is 9.86. The Morgan fingerprint density at radius 3 is 2.55 bits per heavy atom. The molecule has 3 aromatic rings. The van der Waals surface area contributed by atoms with Gasteiger partial charge in [-0.1, -0.05) is 62.7 Å². The number of nitrogens with zero attached hydrogens (tertiary/aromatic N) is 3. The summed E-state index contributed by atoms with van der Waals surface area (Å²) in [4.78, 5) is 12.1. The second-order valence-electron chi connectivity index (χ2n) is 8.35. The van der Waals surface area contributed by atoms with Gasteiger partial charge in [-0.3, -0.25) is 4.79 Å². The minimum Gasteiger partial charge on any atom is -0.483 e. The van der Waals surface area contributed by atoms with Gasteiger partial charge in [-0.05, 0) is 48.6 Å². The second-order valence-corrected chi connectivity index (χ2v) is 8.71. The Kier molecular flexibility index (Phi) is 6.81. The fraction of sp³-hybridized carbons (Fsp3) is 0.292. The number of benzene rings is 2. The first-order valence-corrected chi connectivity index (χ1v) is 10.4. The molecule has 1 N–H and O–H groups in total. The molecule has 0 atom stereocenters. The number of para-hydroxylation sites is 1. The third-order valence-electron chi connectivity index (χ3n) is 4.83. The molecule has 0 aliphatic heterocycles. The van der Waals surface area contributed by atoms with Crippen LogP contribution in [0.25, 0.3) is 5.69 Å². The lowest BCUT2D eigenvalue weighted by molar-refractivity contribution is -0.123. The summed E-state index contributed by atoms with van der Waals surface area (Å²) < 4.78 is 7.28. The molecule has 31 heavy (non-hydrogen) atoms. The van der Waals surface area contributed by atoms with Gasteiger partial charge < -0.3 is 4.74 Å². The van der Waals surface area contributed by atoms with E-state index in [1.54, 1.807) is 4.68 Å². The number of hydrogen-bond donors (Lipinski definition) is 1. The van der Waals surface area contributed by atoms with Gasteiger partial charge in [0.2, 0.25) is 0 Å². The van der Waals surface area contributed by atoms with Crippen molar-refractivity contribution in [1.82, 2.24) is 15.2 Å². The standard InChI is InChI=1S/C24H27ClN4O2/c1-16-13-18(24(3,4)5)11-12-21(16)31-15-22(30)27-26-14-20-17(2)28-29(23(20)25)19-9-7-6-8-10-19/h6-14H,15H2,1-5H3,(H,27,30)/b26-14+. The van der Waals surface area contributed by atoms with Crippen LogP contribution in [0.4, 0.5) is 0 Å². The van der Waals surface area contributed by atoms with Crippen LogP contribution in [-0.2, 0) is 10.2 Å². The molecule has 0 spiro atoms. The van der Waals surface area contributed by atoms with Crippen LogP contribution in [0.3, 0.4) is 0 Å². The van der Waals surface area contributed by atoms with Crippen molar-refractivity contribution in [2.75, 3.05) is 6.61 Å². The average Bonchev–Trinajstić information content (AvgIpc) is 3.01. The molecule has 0 fully saturated rings. The first-order valence-electron chi connectivity index (χ1n) is 10.0. The molecule has 0 saturated carbocycles. The summed E-state index contributed by atoms with van der Waals surface area (Å²) in [5.74, 6) is 0.315. The van der Waals surface area contributed by atoms with Gasteiger partial charge in [0.25, 0.3) is 5.91 Å². The number of carbonyl (C=O) groups is 1. The Morgan fingerprint density at radius 2 is 1.90 bits per heavy atom. The van der Waals surface area contributed by atoms with Gasteiger partial charge in [0.15, 0.2) is 6.61 Å². The van der Waals surface area contributed by atoms with Crippen molar-refractivity contribution < 1.29 is 9.53 Å². The summed E-state index contributed by atoms with van der Waals surface area (Å²) in [6, 6.07) is 15.6. The van der Waals surface area contributed by atoms with Crippen molar-refractivity contribution in [1.29, 1.82) is 0 Å². The van der Waals surface area contributed by atoms with E-state index in [0.717, 1.165) is 11.3 Å². The third-order valence-corrected chi connectivity index (χ3v) is 5.20. The summed E-state index contributed by atoms with van der Waals surface area (Å²) in [6.45, 7) is 10.1. The van der Waals surface area contributed by atoms with Crippen LogP contribution in [0.5, 0.6) is 5.75 Å². The van der Waals surface area contributed by atoms with E-state index in [4.69, 9.17) is 16.3 Å². The number of carbonyl (C=O) groups excluding carboxylic acids is 1. The summed E-state index contributed by atoms with van der Waals surface area (Å²) in [5.41, 5.74) is 6.92. The smallest absolute Gasteiger partial charge is 0.277 e. The summed E-state index contributed by atoms with van der Waals surface area (Å²) >= 11 is 6.45. The number of halogens is 1. The number of hydrogen-bond acceptors (Lipinski definition) is 4. The molecule has 1 amide bonds. The Morgan fingerprint density at radius 1 is 1.19 bits per heavy atom. The minimum atomic E-state index is -0.361. The van der Waals surface area contributed by atoms with Gasteiger partial charge in [0, 0.05) is 0 Å². The average molecular weight is 439 g/mol. The lowest BCUT2D eigenvalue weighted by Gasteiger charge is -2.20. The predicted molar refractivity (Wildman–Crippen MR) is 124 cm³/mol. The second kappa shape index (κ2) is 9.35. The third kappa shape index (κ3) is 5.52. The highest BCUT2D eigenvalue weighted by molar-refractivity contribution is 6.32. The summed E-state index contributed by atoms with van der Waals surface area (Å²) in [5, 5.41) is 8.88. The van der Waals surface area contributed by atoms with E-state index < -0.39 is 0 Å². The Bertz CT molecular complexity index is 1100. The number of aryl methyl sites for hydroxylation is 2. The lowest BCUT2D eigenvalue weighted by Crippen LogP contribution is -2.24. The topological polar surface area (TPSA) is 68.5 Å². The van der Waals surface area contributed by atoms with Crippen molar-refractivity contribution in [3.05, 3.63) is 76.1 Å². The first kappa shape index (κ1) is 22.6. The minimum absolute atomic E-state index is 0.0586. The zero-order valence-electron chi connectivity index (χ0n) is 18.4. The number of nitrogens with one attached hydrogen (secondary N) is 1. The Balaban J connectivity index is 1.60. The fourth-order valence-corrected chi connectivity index (χ4v) is 3.34. The van der Waals surface area contributed by atoms with Gasteiger partial charge in [-0.25, -0.2) is 10.1 Å². The molecule has 0 saturated heterocycles. The number of ether oxygens (including phenoxy) is 1. The van der Waals surface area contributed by atoms with Crippen molar-refractivity contribution >= 4 is 23.7 Å². The number of aromatic nitrogens is 2. The maximum absolute atomic E-state index is 12.1. The number of hydrazone groups is 1. The van der Waals surface area contributed by atoms with Crippen LogP contribution in [0.15, 0.2) is 53.6 Å². The van der Waals surface area contributed by atoms with E-state index in [1.165, 1.54) is 11.8 Å². The van der Waals surface area contributed by atoms with Crippen LogP contribution >= 0.6 is 11.6 Å². The van der Waals surface area contributed by atoms with E-state index >= 15 is 0 Å². The Hall–Kier alpha value is -3.12. The van der Waals surface area contributed by atoms with Gasteiger partial charge in [0.1, 0.15) is 10.9 Å². The predicted octanol–water partition coefficient (Wildman–Crippen LogP) is 4.97. The zero-order valence-corrected chi connectivity index (χ0v) is 19.2. The molecule has 2 aromatic carbocycles. The van der Waals surface area contributed by atoms with E-state index in [0.29, 0.717) is 22.2 Å². The van der Waals surface area contributed by atoms with Crippen LogP contribution < -0.4 is 10.2 Å². The van der Waals surface area contributed by atoms with Gasteiger partial charge in [-0.15, -0.1) is 0 Å². The maximum atomic E-state index is 12.1. The SMILES string of the molecule is Cc1cc(C(C)(C)C)ccc1OCC(=O)N/N=C/c1c(C)nn(-c2ccccc2)c1Cl. The molecule has 0 bridgehead atoms. The van der Waals surface area contributed by atoms with Crippen molar-refractivity contribution in [2.45, 2.75) is 40.0 Å². The molecular weight excluding hydrogens is 412 g/mol. The summed E-state index contributed by atoms with van der Waals surface area (Å²) in [7, 11) is 0. The normalized spacial score (nSPS) is 11.7. The molecule has 1 aromatic heterocycles. The summed E-state index contributed by atoms with van der Waals surface area (Å²) in [6.07, 6.45) is 1.49. The molecular formula is C24H27ClN4O2. The van der Waals surface area contributed by atoms with Crippen LogP contribution in [-0.4, -0.2) is 28.5 Å². The van der Waals surface area contributed by atoms with Crippen molar-refractivity contribution in [2.24, 2.45) is 5.10 Å². The molecule has 6 nitrogen and oxygen atoms in total. The highest BCUT2D eigenvalue weighted by Gasteiger charge is 2.15. The monoisotopic (exact) mass is 438 g/mol. The highest BCUT2D eigenvalue weighted by atomic mass is 35.5. The molecule has 0 aliphatic rings. The highest BCUT2D eigenvalue weighted by Crippen LogP contribution is 2.27. The zero-order chi connectivity index (χ0) is 22.6. The molecule has 7 heteroatoms. The Labute approximate surface area is 187 Å². The van der Waals surface area contributed by atoms with E-state index in [9.17, 15) is 4.79 Å². The van der Waals surface area contributed by atoms with Crippen molar-refractivity contribution in [3.8, 4) is 11.4 Å². The number of rotatable bonds is 6. The maximum Gasteiger partial charge on any atom is 0.277 e. The fourth-order valence-electron chi connectivity index (χ4n) is 3.02. The van der Waals surface area contributed by atoms with Gasteiger partial charge >= 0.3 is 0 Å². The molecule has 0 aliphatic carbocycles. The van der Waals surface area contributed by atoms with Crippen LogP contribution in [0.2, 0.25) is 5.15 Å². The molecule has 0 unspecified atom stereocenters. The van der Waals surface area contributed by atoms with Crippen LogP contribution in [0.1, 0.15) is 43.2 Å².